The predicted octanol–water partition coefficient (Wildman–Crippen LogP) is 4.79. The summed E-state index contributed by atoms with van der Waals surface area (Å²) >= 11 is 1.81. The quantitative estimate of drug-likeness (QED) is 0.399. The van der Waals surface area contributed by atoms with Gasteiger partial charge in [0.2, 0.25) is 0 Å². The third-order valence-electron chi connectivity index (χ3n) is 6.23. The Kier molecular flexibility index (Phi) is 6.71. The smallest absolute Gasteiger partial charge is 0.157 e. The van der Waals surface area contributed by atoms with Gasteiger partial charge < -0.3 is 20.3 Å². The molecule has 1 fully saturated rings. The number of thiophene rings is 1. The summed E-state index contributed by atoms with van der Waals surface area (Å²) in [6.07, 6.45) is 1.92. The van der Waals surface area contributed by atoms with E-state index in [0.29, 0.717) is 0 Å². The molecule has 1 atom stereocenters. The van der Waals surface area contributed by atoms with Crippen LogP contribution < -0.4 is 15.5 Å². The van der Waals surface area contributed by atoms with E-state index in [4.69, 9.17) is 9.72 Å². The molecule has 8 heteroatoms. The molecule has 5 rings (SSSR count). The maximum atomic E-state index is 5.50. The van der Waals surface area contributed by atoms with E-state index in [1.165, 1.54) is 20.9 Å². The molecule has 0 spiro atoms. The summed E-state index contributed by atoms with van der Waals surface area (Å²) in [6, 6.07) is 15.2. The minimum atomic E-state index is 0.0930. The number of nitrogens with one attached hydrogen (secondary N) is 2. The van der Waals surface area contributed by atoms with E-state index >= 15 is 0 Å². The van der Waals surface area contributed by atoms with Crippen LogP contribution in [0.3, 0.4) is 0 Å². The second-order valence-electron chi connectivity index (χ2n) is 8.58. The SMILES string of the molecule is CNCc1ccccc1-c1ccc([C@H](C)Nc2nnc(C)c3cnc(N4CCOCC4)cc23)s1. The third kappa shape index (κ3) is 4.61. The molecule has 4 aromatic rings. The van der Waals surface area contributed by atoms with Crippen LogP contribution in [0.5, 0.6) is 0 Å². The molecule has 1 aliphatic rings. The molecule has 7 nitrogen and oxygen atoms in total. The van der Waals surface area contributed by atoms with Crippen molar-refractivity contribution >= 4 is 33.7 Å². The average Bonchev–Trinajstić information content (AvgIpc) is 3.37. The predicted molar refractivity (Wildman–Crippen MR) is 140 cm³/mol. The van der Waals surface area contributed by atoms with Crippen molar-refractivity contribution in [3.8, 4) is 10.4 Å². The monoisotopic (exact) mass is 474 g/mol. The summed E-state index contributed by atoms with van der Waals surface area (Å²) in [5.74, 6) is 1.74. The van der Waals surface area contributed by atoms with Crippen molar-refractivity contribution in [2.45, 2.75) is 26.4 Å². The number of nitrogens with zero attached hydrogens (tertiary/aromatic N) is 4. The first-order valence-corrected chi connectivity index (χ1v) is 12.5. The second kappa shape index (κ2) is 10.0. The number of aromatic nitrogens is 3. The maximum absolute atomic E-state index is 5.50. The number of anilines is 2. The molecule has 34 heavy (non-hydrogen) atoms. The van der Waals surface area contributed by atoms with Gasteiger partial charge in [-0.05, 0) is 50.2 Å². The first kappa shape index (κ1) is 22.7. The summed E-state index contributed by atoms with van der Waals surface area (Å²) in [5, 5.41) is 17.9. The van der Waals surface area contributed by atoms with Gasteiger partial charge in [-0.2, -0.15) is 5.10 Å². The van der Waals surface area contributed by atoms with Crippen LogP contribution in [0, 0.1) is 6.92 Å². The van der Waals surface area contributed by atoms with E-state index in [2.05, 4.69) is 75.1 Å². The number of aryl methyl sites for hydroxylation is 1. The van der Waals surface area contributed by atoms with Gasteiger partial charge in [-0.1, -0.05) is 24.3 Å². The number of benzene rings is 1. The highest BCUT2D eigenvalue weighted by molar-refractivity contribution is 7.15. The fourth-order valence-corrected chi connectivity index (χ4v) is 5.42. The van der Waals surface area contributed by atoms with Crippen LogP contribution in [0.15, 0.2) is 48.7 Å². The van der Waals surface area contributed by atoms with Gasteiger partial charge in [0.05, 0.1) is 24.9 Å². The van der Waals surface area contributed by atoms with Crippen LogP contribution in [0.25, 0.3) is 21.2 Å². The van der Waals surface area contributed by atoms with Gasteiger partial charge >= 0.3 is 0 Å². The third-order valence-corrected chi connectivity index (χ3v) is 7.53. The number of rotatable bonds is 7. The van der Waals surface area contributed by atoms with Crippen LogP contribution in [0.4, 0.5) is 11.6 Å². The zero-order chi connectivity index (χ0) is 23.5. The topological polar surface area (TPSA) is 75.2 Å². The van der Waals surface area contributed by atoms with E-state index in [1.54, 1.807) is 0 Å². The van der Waals surface area contributed by atoms with Crippen molar-refractivity contribution in [1.29, 1.82) is 0 Å². The van der Waals surface area contributed by atoms with Gasteiger partial charge in [0.1, 0.15) is 5.82 Å². The molecule has 0 amide bonds. The Hall–Kier alpha value is -3.07. The van der Waals surface area contributed by atoms with E-state index < -0.39 is 0 Å². The minimum Gasteiger partial charge on any atom is -0.378 e. The van der Waals surface area contributed by atoms with Crippen LogP contribution in [0.2, 0.25) is 0 Å². The molecular formula is C26H30N6OS. The highest BCUT2D eigenvalue weighted by Crippen LogP contribution is 2.35. The van der Waals surface area contributed by atoms with Crippen molar-refractivity contribution < 1.29 is 4.74 Å². The van der Waals surface area contributed by atoms with E-state index in [9.17, 15) is 0 Å². The Morgan fingerprint density at radius 2 is 1.91 bits per heavy atom. The number of ether oxygens (including phenoxy) is 1. The lowest BCUT2D eigenvalue weighted by molar-refractivity contribution is 0.122. The maximum Gasteiger partial charge on any atom is 0.157 e. The molecule has 176 valence electrons. The van der Waals surface area contributed by atoms with Gasteiger partial charge in [0, 0.05) is 46.4 Å². The van der Waals surface area contributed by atoms with Crippen molar-refractivity contribution in [2.24, 2.45) is 0 Å². The molecule has 0 unspecified atom stereocenters. The lowest BCUT2D eigenvalue weighted by atomic mass is 10.1. The minimum absolute atomic E-state index is 0.0930. The summed E-state index contributed by atoms with van der Waals surface area (Å²) in [6.45, 7) is 8.16. The molecule has 0 radical (unpaired) electrons. The van der Waals surface area contributed by atoms with Crippen LogP contribution in [-0.4, -0.2) is 48.5 Å². The Morgan fingerprint density at radius 3 is 2.74 bits per heavy atom. The molecule has 1 aromatic carbocycles. The zero-order valence-electron chi connectivity index (χ0n) is 19.8. The number of pyridine rings is 1. The normalized spacial score (nSPS) is 15.0. The van der Waals surface area contributed by atoms with E-state index in [0.717, 1.165) is 61.0 Å². The molecule has 2 N–H and O–H groups in total. The molecule has 3 aromatic heterocycles. The fraction of sp³-hybridized carbons (Fsp3) is 0.346. The van der Waals surface area contributed by atoms with Crippen molar-refractivity contribution in [1.82, 2.24) is 20.5 Å². The molecule has 0 aliphatic carbocycles. The van der Waals surface area contributed by atoms with Gasteiger partial charge in [-0.25, -0.2) is 4.98 Å². The first-order chi connectivity index (χ1) is 16.6. The van der Waals surface area contributed by atoms with Crippen molar-refractivity contribution in [3.05, 3.63) is 64.8 Å². The first-order valence-electron chi connectivity index (χ1n) is 11.7. The summed E-state index contributed by atoms with van der Waals surface area (Å²) < 4.78 is 5.50. The molecule has 0 bridgehead atoms. The molecular weight excluding hydrogens is 444 g/mol. The molecule has 4 heterocycles. The molecule has 0 saturated carbocycles. The lowest BCUT2D eigenvalue weighted by Crippen LogP contribution is -2.36. The van der Waals surface area contributed by atoms with Crippen LogP contribution in [-0.2, 0) is 11.3 Å². The van der Waals surface area contributed by atoms with Gasteiger partial charge in [0.15, 0.2) is 5.82 Å². The average molecular weight is 475 g/mol. The number of fused-ring (bicyclic) bond motifs is 1. The van der Waals surface area contributed by atoms with Gasteiger partial charge in [-0.15, -0.1) is 16.4 Å². The lowest BCUT2D eigenvalue weighted by Gasteiger charge is -2.28. The van der Waals surface area contributed by atoms with Crippen molar-refractivity contribution in [3.63, 3.8) is 0 Å². The highest BCUT2D eigenvalue weighted by Gasteiger charge is 2.18. The van der Waals surface area contributed by atoms with Gasteiger partial charge in [0.25, 0.3) is 0 Å². The molecule has 1 saturated heterocycles. The number of morpholine rings is 1. The van der Waals surface area contributed by atoms with Crippen LogP contribution >= 0.6 is 11.3 Å². The Labute approximate surface area is 204 Å². The zero-order valence-corrected chi connectivity index (χ0v) is 20.7. The highest BCUT2D eigenvalue weighted by atomic mass is 32.1. The van der Waals surface area contributed by atoms with Crippen molar-refractivity contribution in [2.75, 3.05) is 43.6 Å². The summed E-state index contributed by atoms with van der Waals surface area (Å²) in [4.78, 5) is 9.49. The largest absolute Gasteiger partial charge is 0.378 e. The standard InChI is InChI=1S/C26H30N6OS/c1-17-22-16-28-25(32-10-12-33-13-11-32)14-21(22)26(31-30-17)29-18(2)23-8-9-24(34-23)20-7-5-4-6-19(20)15-27-3/h4-9,14,16,18,27H,10-13,15H2,1-3H3,(H,29,31)/t18-/m0/s1. The number of hydrogen-bond acceptors (Lipinski definition) is 8. The summed E-state index contributed by atoms with van der Waals surface area (Å²) in [7, 11) is 1.98. The van der Waals surface area contributed by atoms with E-state index in [1.807, 2.05) is 31.5 Å². The van der Waals surface area contributed by atoms with E-state index in [-0.39, 0.29) is 6.04 Å². The van der Waals surface area contributed by atoms with Crippen LogP contribution in [0.1, 0.15) is 29.1 Å². The van der Waals surface area contributed by atoms with Gasteiger partial charge in [-0.3, -0.25) is 0 Å². The second-order valence-corrected chi connectivity index (χ2v) is 9.69. The Morgan fingerprint density at radius 1 is 1.09 bits per heavy atom. The Balaban J connectivity index is 1.43. The fourth-order valence-electron chi connectivity index (χ4n) is 4.35. The Bertz CT molecular complexity index is 1280. The molecule has 1 aliphatic heterocycles. The summed E-state index contributed by atoms with van der Waals surface area (Å²) in [5.41, 5.74) is 3.47. The number of hydrogen-bond donors (Lipinski definition) is 2.